The summed E-state index contributed by atoms with van der Waals surface area (Å²) in [6.45, 7) is 3.82. The van der Waals surface area contributed by atoms with Gasteiger partial charge in [0.1, 0.15) is 5.75 Å². The van der Waals surface area contributed by atoms with Crippen molar-refractivity contribution in [3.05, 3.63) is 29.3 Å². The third-order valence-corrected chi connectivity index (χ3v) is 1.93. The van der Waals surface area contributed by atoms with Gasteiger partial charge in [0.05, 0.1) is 6.10 Å². The first-order valence-corrected chi connectivity index (χ1v) is 4.12. The molecular weight excluding hydrogens is 152 g/mol. The Morgan fingerprint density at radius 3 is 2.67 bits per heavy atom. The molecule has 0 unspecified atom stereocenters. The predicted octanol–water partition coefficient (Wildman–Crippen LogP) is 2.14. The minimum atomic E-state index is -0.551. The molecule has 0 aromatic heterocycles. The summed E-state index contributed by atoms with van der Waals surface area (Å²) in [6.07, 6.45) is 0.0710. The Morgan fingerprint density at radius 2 is 2.08 bits per heavy atom. The SMILES string of the molecule is CC[C@H](O)c1cc(C)ccc1O. The summed E-state index contributed by atoms with van der Waals surface area (Å²) in [5.74, 6) is 0.176. The van der Waals surface area contributed by atoms with E-state index in [4.69, 9.17) is 0 Å². The topological polar surface area (TPSA) is 40.5 Å². The van der Waals surface area contributed by atoms with Crippen LogP contribution in [-0.4, -0.2) is 10.2 Å². The number of aliphatic hydroxyl groups excluding tert-OH is 1. The smallest absolute Gasteiger partial charge is 0.121 e. The van der Waals surface area contributed by atoms with Crippen LogP contribution in [0.25, 0.3) is 0 Å². The van der Waals surface area contributed by atoms with Gasteiger partial charge in [-0.15, -0.1) is 0 Å². The van der Waals surface area contributed by atoms with E-state index in [1.165, 1.54) is 0 Å². The fraction of sp³-hybridized carbons (Fsp3) is 0.400. The molecule has 0 amide bonds. The molecule has 0 spiro atoms. The Hall–Kier alpha value is -1.02. The molecule has 12 heavy (non-hydrogen) atoms. The zero-order valence-corrected chi connectivity index (χ0v) is 7.41. The lowest BCUT2D eigenvalue weighted by atomic mass is 10.0. The molecule has 66 valence electrons. The molecular formula is C10H14O2. The van der Waals surface area contributed by atoms with Crippen LogP contribution in [0.15, 0.2) is 18.2 Å². The maximum Gasteiger partial charge on any atom is 0.121 e. The number of rotatable bonds is 2. The van der Waals surface area contributed by atoms with Crippen LogP contribution in [0.4, 0.5) is 0 Å². The van der Waals surface area contributed by atoms with Gasteiger partial charge < -0.3 is 10.2 Å². The monoisotopic (exact) mass is 166 g/mol. The van der Waals surface area contributed by atoms with Crippen molar-refractivity contribution in [3.8, 4) is 5.75 Å². The number of phenols is 1. The van der Waals surface area contributed by atoms with Gasteiger partial charge in [-0.3, -0.25) is 0 Å². The van der Waals surface area contributed by atoms with Crippen LogP contribution >= 0.6 is 0 Å². The fourth-order valence-corrected chi connectivity index (χ4v) is 1.16. The number of aliphatic hydroxyl groups is 1. The first kappa shape index (κ1) is 9.07. The normalized spacial score (nSPS) is 12.9. The first-order valence-electron chi connectivity index (χ1n) is 4.12. The molecule has 2 heteroatoms. The molecule has 0 aliphatic heterocycles. The first-order chi connectivity index (χ1) is 5.65. The number of hydrogen-bond donors (Lipinski definition) is 2. The Balaban J connectivity index is 3.04. The van der Waals surface area contributed by atoms with Crippen molar-refractivity contribution in [3.63, 3.8) is 0 Å². The van der Waals surface area contributed by atoms with Crippen LogP contribution in [0.2, 0.25) is 0 Å². The maximum absolute atomic E-state index is 9.47. The zero-order chi connectivity index (χ0) is 9.14. The van der Waals surface area contributed by atoms with E-state index in [0.717, 1.165) is 5.56 Å². The number of aryl methyl sites for hydroxylation is 1. The predicted molar refractivity (Wildman–Crippen MR) is 48.1 cm³/mol. The van der Waals surface area contributed by atoms with E-state index in [0.29, 0.717) is 12.0 Å². The summed E-state index contributed by atoms with van der Waals surface area (Å²) < 4.78 is 0. The third kappa shape index (κ3) is 1.77. The summed E-state index contributed by atoms with van der Waals surface area (Å²) in [7, 11) is 0. The van der Waals surface area contributed by atoms with E-state index in [-0.39, 0.29) is 5.75 Å². The molecule has 1 atom stereocenters. The molecule has 0 saturated carbocycles. The summed E-state index contributed by atoms with van der Waals surface area (Å²) >= 11 is 0. The van der Waals surface area contributed by atoms with Gasteiger partial charge in [-0.25, -0.2) is 0 Å². The van der Waals surface area contributed by atoms with E-state index in [2.05, 4.69) is 0 Å². The minimum Gasteiger partial charge on any atom is -0.508 e. The standard InChI is InChI=1S/C10H14O2/c1-3-9(11)8-6-7(2)4-5-10(8)12/h4-6,9,11-12H,3H2,1-2H3/t9-/m0/s1. The lowest BCUT2D eigenvalue weighted by Crippen LogP contribution is -1.95. The molecule has 0 radical (unpaired) electrons. The van der Waals surface area contributed by atoms with Gasteiger partial charge in [-0.2, -0.15) is 0 Å². The number of benzene rings is 1. The molecule has 1 rings (SSSR count). The molecule has 1 aromatic rings. The Labute approximate surface area is 72.5 Å². The molecule has 2 nitrogen and oxygen atoms in total. The highest BCUT2D eigenvalue weighted by molar-refractivity contribution is 5.37. The van der Waals surface area contributed by atoms with E-state index in [9.17, 15) is 10.2 Å². The molecule has 0 bridgehead atoms. The van der Waals surface area contributed by atoms with Crippen molar-refractivity contribution in [1.29, 1.82) is 0 Å². The third-order valence-electron chi connectivity index (χ3n) is 1.93. The summed E-state index contributed by atoms with van der Waals surface area (Å²) in [4.78, 5) is 0. The van der Waals surface area contributed by atoms with Crippen LogP contribution in [0.3, 0.4) is 0 Å². The van der Waals surface area contributed by atoms with Crippen molar-refractivity contribution in [2.45, 2.75) is 26.4 Å². The van der Waals surface area contributed by atoms with E-state index in [1.807, 2.05) is 26.0 Å². The summed E-state index contributed by atoms with van der Waals surface area (Å²) in [5, 5.41) is 18.9. The largest absolute Gasteiger partial charge is 0.508 e. The number of aromatic hydroxyl groups is 1. The van der Waals surface area contributed by atoms with E-state index < -0.39 is 6.10 Å². The van der Waals surface area contributed by atoms with Crippen molar-refractivity contribution in [2.24, 2.45) is 0 Å². The molecule has 0 heterocycles. The van der Waals surface area contributed by atoms with Crippen LogP contribution in [0, 0.1) is 6.92 Å². The van der Waals surface area contributed by atoms with Gasteiger partial charge in [0, 0.05) is 5.56 Å². The molecule has 0 fully saturated rings. The van der Waals surface area contributed by atoms with Gasteiger partial charge in [-0.1, -0.05) is 18.6 Å². The Morgan fingerprint density at radius 1 is 1.42 bits per heavy atom. The summed E-state index contributed by atoms with van der Waals surface area (Å²) in [5.41, 5.74) is 1.67. The quantitative estimate of drug-likeness (QED) is 0.706. The van der Waals surface area contributed by atoms with Gasteiger partial charge in [0.15, 0.2) is 0 Å². The second-order valence-electron chi connectivity index (χ2n) is 2.99. The molecule has 0 aliphatic carbocycles. The Kier molecular flexibility index (Phi) is 2.71. The molecule has 0 aliphatic rings. The van der Waals surface area contributed by atoms with Crippen molar-refractivity contribution in [2.75, 3.05) is 0 Å². The van der Waals surface area contributed by atoms with Crippen LogP contribution < -0.4 is 0 Å². The van der Waals surface area contributed by atoms with Gasteiger partial charge in [0.2, 0.25) is 0 Å². The van der Waals surface area contributed by atoms with Crippen molar-refractivity contribution >= 4 is 0 Å². The molecule has 2 N–H and O–H groups in total. The fourth-order valence-electron chi connectivity index (χ4n) is 1.16. The second-order valence-corrected chi connectivity index (χ2v) is 2.99. The Bertz CT molecular complexity index is 269. The minimum absolute atomic E-state index is 0.176. The van der Waals surface area contributed by atoms with E-state index in [1.54, 1.807) is 6.07 Å². The molecule has 1 aromatic carbocycles. The average molecular weight is 166 g/mol. The van der Waals surface area contributed by atoms with E-state index >= 15 is 0 Å². The second kappa shape index (κ2) is 3.59. The van der Waals surface area contributed by atoms with Gasteiger partial charge in [-0.05, 0) is 25.5 Å². The van der Waals surface area contributed by atoms with Crippen LogP contribution in [-0.2, 0) is 0 Å². The lowest BCUT2D eigenvalue weighted by molar-refractivity contribution is 0.170. The van der Waals surface area contributed by atoms with Crippen molar-refractivity contribution < 1.29 is 10.2 Å². The van der Waals surface area contributed by atoms with Gasteiger partial charge >= 0.3 is 0 Å². The highest BCUT2D eigenvalue weighted by Crippen LogP contribution is 2.26. The zero-order valence-electron chi connectivity index (χ0n) is 7.41. The van der Waals surface area contributed by atoms with Crippen LogP contribution in [0.1, 0.15) is 30.6 Å². The summed E-state index contributed by atoms with van der Waals surface area (Å²) in [6, 6.07) is 5.24. The number of phenolic OH excluding ortho intramolecular Hbond substituents is 1. The van der Waals surface area contributed by atoms with Crippen LogP contribution in [0.5, 0.6) is 5.75 Å². The van der Waals surface area contributed by atoms with Gasteiger partial charge in [0.25, 0.3) is 0 Å². The highest BCUT2D eigenvalue weighted by atomic mass is 16.3. The van der Waals surface area contributed by atoms with Crippen molar-refractivity contribution in [1.82, 2.24) is 0 Å². The average Bonchev–Trinajstić information content (AvgIpc) is 2.08. The molecule has 0 saturated heterocycles. The maximum atomic E-state index is 9.47. The lowest BCUT2D eigenvalue weighted by Gasteiger charge is -2.10. The highest BCUT2D eigenvalue weighted by Gasteiger charge is 2.09. The number of hydrogen-bond acceptors (Lipinski definition) is 2.